The number of aliphatic hydroxyl groups is 1. The van der Waals surface area contributed by atoms with Gasteiger partial charge in [0.2, 0.25) is 0 Å². The summed E-state index contributed by atoms with van der Waals surface area (Å²) in [6, 6.07) is 0. The molecule has 0 bridgehead atoms. The second-order valence-electron chi connectivity index (χ2n) is 4.68. The Labute approximate surface area is 101 Å². The van der Waals surface area contributed by atoms with Crippen molar-refractivity contribution < 1.29 is 9.90 Å². The number of hydrogen-bond donors (Lipinski definition) is 1. The van der Waals surface area contributed by atoms with E-state index in [4.69, 9.17) is 0 Å². The number of aromatic nitrogens is 2. The van der Waals surface area contributed by atoms with Gasteiger partial charge in [0.25, 0.3) is 5.91 Å². The van der Waals surface area contributed by atoms with E-state index in [1.165, 1.54) is 0 Å². The average Bonchev–Trinajstić information content (AvgIpc) is 2.75. The monoisotopic (exact) mass is 237 g/mol. The number of hydrogen-bond acceptors (Lipinski definition) is 3. The molecule has 1 aliphatic rings. The fourth-order valence-corrected chi connectivity index (χ4v) is 2.32. The number of carbonyl (C=O) groups excluding carboxylic acids is 1. The molecular formula is C12H19N3O2. The summed E-state index contributed by atoms with van der Waals surface area (Å²) in [5, 5.41) is 13.8. The van der Waals surface area contributed by atoms with Gasteiger partial charge in [0.05, 0.1) is 17.9 Å². The number of amides is 1. The molecule has 2 rings (SSSR count). The van der Waals surface area contributed by atoms with Crippen LogP contribution >= 0.6 is 0 Å². The quantitative estimate of drug-likeness (QED) is 0.821. The Morgan fingerprint density at radius 1 is 1.65 bits per heavy atom. The SMILES string of the molecule is CCC1CN(C(=O)c2cnn(C)c2)CCC1O. The number of aryl methyl sites for hydroxylation is 1. The van der Waals surface area contributed by atoms with Gasteiger partial charge in [-0.05, 0) is 12.8 Å². The molecule has 2 unspecified atom stereocenters. The minimum absolute atomic E-state index is 0.0171. The number of nitrogens with zero attached hydrogens (tertiary/aromatic N) is 3. The molecule has 0 aromatic carbocycles. The third-order valence-electron chi connectivity index (χ3n) is 3.46. The average molecular weight is 237 g/mol. The van der Waals surface area contributed by atoms with Crippen molar-refractivity contribution in [2.75, 3.05) is 13.1 Å². The summed E-state index contributed by atoms with van der Waals surface area (Å²) in [5.41, 5.74) is 0.624. The number of carbonyl (C=O) groups is 1. The number of likely N-dealkylation sites (tertiary alicyclic amines) is 1. The van der Waals surface area contributed by atoms with E-state index in [0.717, 1.165) is 6.42 Å². The van der Waals surface area contributed by atoms with Crippen molar-refractivity contribution in [3.05, 3.63) is 18.0 Å². The van der Waals surface area contributed by atoms with E-state index < -0.39 is 0 Å². The van der Waals surface area contributed by atoms with Crippen molar-refractivity contribution in [3.8, 4) is 0 Å². The molecule has 0 aliphatic carbocycles. The van der Waals surface area contributed by atoms with Crippen LogP contribution in [-0.2, 0) is 7.05 Å². The molecule has 1 fully saturated rings. The largest absolute Gasteiger partial charge is 0.393 e. The summed E-state index contributed by atoms with van der Waals surface area (Å²) in [5.74, 6) is 0.216. The number of aliphatic hydroxyl groups excluding tert-OH is 1. The fraction of sp³-hybridized carbons (Fsp3) is 0.667. The summed E-state index contributed by atoms with van der Waals surface area (Å²) in [6.45, 7) is 3.32. The third-order valence-corrected chi connectivity index (χ3v) is 3.46. The molecule has 1 aromatic heterocycles. The van der Waals surface area contributed by atoms with Gasteiger partial charge in [0.1, 0.15) is 0 Å². The molecule has 2 heterocycles. The lowest BCUT2D eigenvalue weighted by molar-refractivity contribution is 0.0229. The van der Waals surface area contributed by atoms with Crippen LogP contribution < -0.4 is 0 Å². The molecule has 0 saturated carbocycles. The Bertz CT molecular complexity index is 402. The van der Waals surface area contributed by atoms with Gasteiger partial charge in [-0.1, -0.05) is 6.92 Å². The highest BCUT2D eigenvalue weighted by atomic mass is 16.3. The predicted molar refractivity (Wildman–Crippen MR) is 63.5 cm³/mol. The Hall–Kier alpha value is -1.36. The van der Waals surface area contributed by atoms with E-state index in [9.17, 15) is 9.90 Å². The second kappa shape index (κ2) is 4.87. The minimum Gasteiger partial charge on any atom is -0.393 e. The summed E-state index contributed by atoms with van der Waals surface area (Å²) in [6.07, 6.45) is 4.63. The van der Waals surface area contributed by atoms with E-state index in [1.54, 1.807) is 24.1 Å². The maximum Gasteiger partial charge on any atom is 0.257 e. The predicted octanol–water partition coefficient (Wildman–Crippen LogP) is 0.653. The molecular weight excluding hydrogens is 218 g/mol. The van der Waals surface area contributed by atoms with E-state index in [0.29, 0.717) is 25.1 Å². The first-order valence-electron chi connectivity index (χ1n) is 6.07. The highest BCUT2D eigenvalue weighted by Gasteiger charge is 2.29. The molecule has 5 heteroatoms. The van der Waals surface area contributed by atoms with Crippen molar-refractivity contribution in [1.29, 1.82) is 0 Å². The molecule has 0 radical (unpaired) electrons. The first kappa shape index (κ1) is 12.1. The van der Waals surface area contributed by atoms with Gasteiger partial charge in [-0.2, -0.15) is 5.10 Å². The number of piperidine rings is 1. The lowest BCUT2D eigenvalue weighted by Gasteiger charge is -2.35. The normalized spacial score (nSPS) is 25.0. The van der Waals surface area contributed by atoms with Gasteiger partial charge < -0.3 is 10.0 Å². The second-order valence-corrected chi connectivity index (χ2v) is 4.68. The van der Waals surface area contributed by atoms with Gasteiger partial charge in [0.15, 0.2) is 0 Å². The number of rotatable bonds is 2. The molecule has 1 saturated heterocycles. The maximum atomic E-state index is 12.2. The Balaban J connectivity index is 2.05. The van der Waals surface area contributed by atoms with Crippen molar-refractivity contribution in [2.24, 2.45) is 13.0 Å². The van der Waals surface area contributed by atoms with E-state index in [-0.39, 0.29) is 17.9 Å². The highest BCUT2D eigenvalue weighted by molar-refractivity contribution is 5.93. The highest BCUT2D eigenvalue weighted by Crippen LogP contribution is 2.21. The van der Waals surface area contributed by atoms with E-state index >= 15 is 0 Å². The topological polar surface area (TPSA) is 58.4 Å². The van der Waals surface area contributed by atoms with Crippen LogP contribution in [-0.4, -0.2) is 44.9 Å². The van der Waals surface area contributed by atoms with Crippen LogP contribution in [0.3, 0.4) is 0 Å². The zero-order valence-electron chi connectivity index (χ0n) is 10.3. The lowest BCUT2D eigenvalue weighted by atomic mass is 9.92. The van der Waals surface area contributed by atoms with E-state index in [2.05, 4.69) is 5.10 Å². The zero-order valence-corrected chi connectivity index (χ0v) is 10.3. The molecule has 1 amide bonds. The van der Waals surface area contributed by atoms with Gasteiger partial charge >= 0.3 is 0 Å². The summed E-state index contributed by atoms with van der Waals surface area (Å²) in [4.78, 5) is 14.0. The molecule has 1 N–H and O–H groups in total. The van der Waals surface area contributed by atoms with E-state index in [1.807, 2.05) is 11.8 Å². The van der Waals surface area contributed by atoms with Crippen LogP contribution in [0.5, 0.6) is 0 Å². The maximum absolute atomic E-state index is 12.2. The summed E-state index contributed by atoms with van der Waals surface area (Å²) < 4.78 is 1.63. The lowest BCUT2D eigenvalue weighted by Crippen LogP contribution is -2.45. The molecule has 17 heavy (non-hydrogen) atoms. The summed E-state index contributed by atoms with van der Waals surface area (Å²) >= 11 is 0. The first-order valence-corrected chi connectivity index (χ1v) is 6.07. The smallest absolute Gasteiger partial charge is 0.257 e. The van der Waals surface area contributed by atoms with Crippen molar-refractivity contribution in [1.82, 2.24) is 14.7 Å². The Morgan fingerprint density at radius 2 is 2.41 bits per heavy atom. The Kier molecular flexibility index (Phi) is 3.47. The standard InChI is InChI=1S/C12H19N3O2/c1-3-9-8-15(5-4-11(9)16)12(17)10-6-13-14(2)7-10/h6-7,9,11,16H,3-5,8H2,1-2H3. The zero-order chi connectivity index (χ0) is 12.4. The molecule has 5 nitrogen and oxygen atoms in total. The third kappa shape index (κ3) is 2.49. The van der Waals surface area contributed by atoms with Crippen molar-refractivity contribution in [2.45, 2.75) is 25.9 Å². The van der Waals surface area contributed by atoms with Gasteiger partial charge in [-0.25, -0.2) is 0 Å². The van der Waals surface area contributed by atoms with Gasteiger partial charge in [-0.3, -0.25) is 9.48 Å². The minimum atomic E-state index is -0.266. The molecule has 2 atom stereocenters. The molecule has 1 aromatic rings. The van der Waals surface area contributed by atoms with Crippen LogP contribution in [0.25, 0.3) is 0 Å². The fourth-order valence-electron chi connectivity index (χ4n) is 2.32. The summed E-state index contributed by atoms with van der Waals surface area (Å²) in [7, 11) is 1.80. The van der Waals surface area contributed by atoms with Gasteiger partial charge in [-0.15, -0.1) is 0 Å². The molecule has 1 aliphatic heterocycles. The molecule has 94 valence electrons. The van der Waals surface area contributed by atoms with Crippen LogP contribution in [0, 0.1) is 5.92 Å². The first-order chi connectivity index (χ1) is 8.11. The molecule has 0 spiro atoms. The Morgan fingerprint density at radius 3 is 3.00 bits per heavy atom. The van der Waals surface area contributed by atoms with Crippen molar-refractivity contribution in [3.63, 3.8) is 0 Å². The van der Waals surface area contributed by atoms with Crippen LogP contribution in [0.2, 0.25) is 0 Å². The van der Waals surface area contributed by atoms with Crippen molar-refractivity contribution >= 4 is 5.91 Å². The van der Waals surface area contributed by atoms with Gasteiger partial charge in [0, 0.05) is 32.3 Å². The van der Waals surface area contributed by atoms with Crippen LogP contribution in [0.1, 0.15) is 30.1 Å². The van der Waals surface area contributed by atoms with Crippen LogP contribution in [0.15, 0.2) is 12.4 Å². The van der Waals surface area contributed by atoms with Crippen LogP contribution in [0.4, 0.5) is 0 Å².